The maximum absolute atomic E-state index is 11.7. The van der Waals surface area contributed by atoms with E-state index in [0.717, 1.165) is 24.1 Å². The molecule has 1 fully saturated rings. The van der Waals surface area contributed by atoms with Crippen molar-refractivity contribution >= 4 is 5.69 Å². The Labute approximate surface area is 121 Å². The van der Waals surface area contributed by atoms with Crippen LogP contribution in [0.5, 0.6) is 0 Å². The first-order chi connectivity index (χ1) is 9.69. The summed E-state index contributed by atoms with van der Waals surface area (Å²) < 4.78 is 6.73. The van der Waals surface area contributed by atoms with E-state index in [1.165, 1.54) is 25.7 Å². The Kier molecular flexibility index (Phi) is 5.65. The van der Waals surface area contributed by atoms with Crippen molar-refractivity contribution in [2.75, 3.05) is 25.6 Å². The Morgan fingerprint density at radius 1 is 1.30 bits per heavy atom. The molecule has 112 valence electrons. The van der Waals surface area contributed by atoms with Crippen LogP contribution in [0.3, 0.4) is 0 Å². The van der Waals surface area contributed by atoms with Crippen molar-refractivity contribution in [3.05, 3.63) is 28.7 Å². The summed E-state index contributed by atoms with van der Waals surface area (Å²) in [5, 5.41) is 3.47. The van der Waals surface area contributed by atoms with Gasteiger partial charge in [0.05, 0.1) is 12.3 Å². The number of aromatic nitrogens is 1. The van der Waals surface area contributed by atoms with Crippen LogP contribution in [0, 0.1) is 11.8 Å². The number of ether oxygens (including phenoxy) is 1. The number of pyridine rings is 1. The fraction of sp³-hybridized carbons (Fsp3) is 0.688. The Balaban J connectivity index is 1.87. The van der Waals surface area contributed by atoms with Gasteiger partial charge in [-0.2, -0.15) is 0 Å². The van der Waals surface area contributed by atoms with E-state index in [-0.39, 0.29) is 5.56 Å². The van der Waals surface area contributed by atoms with Crippen LogP contribution >= 0.6 is 0 Å². The molecular formula is C16H26N2O2. The van der Waals surface area contributed by atoms with Crippen LogP contribution in [0.2, 0.25) is 0 Å². The lowest BCUT2D eigenvalue weighted by Gasteiger charge is -2.26. The second-order valence-corrected chi connectivity index (χ2v) is 5.95. The molecule has 0 radical (unpaired) electrons. The summed E-state index contributed by atoms with van der Waals surface area (Å²) in [6.45, 7) is 4.51. The highest BCUT2D eigenvalue weighted by atomic mass is 16.5. The minimum atomic E-state index is 0.0269. The van der Waals surface area contributed by atoms with Crippen molar-refractivity contribution in [3.63, 3.8) is 0 Å². The maximum atomic E-state index is 11.7. The third kappa shape index (κ3) is 4.37. The van der Waals surface area contributed by atoms with Crippen LogP contribution in [0.15, 0.2) is 23.1 Å². The number of rotatable bonds is 6. The first-order valence-electron chi connectivity index (χ1n) is 7.62. The highest BCUT2D eigenvalue weighted by Gasteiger charge is 2.17. The molecule has 0 aliphatic heterocycles. The predicted octanol–water partition coefficient (Wildman–Crippen LogP) is 2.73. The highest BCUT2D eigenvalue weighted by Crippen LogP contribution is 2.28. The molecule has 0 spiro atoms. The van der Waals surface area contributed by atoms with Crippen molar-refractivity contribution in [3.8, 4) is 0 Å². The first kappa shape index (κ1) is 15.1. The molecule has 1 aliphatic rings. The van der Waals surface area contributed by atoms with Gasteiger partial charge in [0.1, 0.15) is 0 Å². The number of anilines is 1. The number of nitrogens with zero attached hydrogens (tertiary/aromatic N) is 1. The molecule has 20 heavy (non-hydrogen) atoms. The summed E-state index contributed by atoms with van der Waals surface area (Å²) in [4.78, 5) is 11.7. The lowest BCUT2D eigenvalue weighted by atomic mass is 9.83. The highest BCUT2D eigenvalue weighted by molar-refractivity contribution is 5.40. The molecule has 0 bridgehead atoms. The van der Waals surface area contributed by atoms with Gasteiger partial charge in [0.15, 0.2) is 0 Å². The van der Waals surface area contributed by atoms with Crippen LogP contribution in [0.25, 0.3) is 0 Å². The van der Waals surface area contributed by atoms with E-state index in [1.807, 2.05) is 12.3 Å². The van der Waals surface area contributed by atoms with Gasteiger partial charge < -0.3 is 14.6 Å². The summed E-state index contributed by atoms with van der Waals surface area (Å²) >= 11 is 0. The summed E-state index contributed by atoms with van der Waals surface area (Å²) in [5.74, 6) is 1.66. The molecule has 1 saturated carbocycles. The van der Waals surface area contributed by atoms with Gasteiger partial charge in [-0.1, -0.05) is 19.8 Å². The molecule has 1 aromatic heterocycles. The maximum Gasteiger partial charge on any atom is 0.250 e. The van der Waals surface area contributed by atoms with E-state index in [4.69, 9.17) is 4.74 Å². The zero-order valence-electron chi connectivity index (χ0n) is 12.6. The van der Waals surface area contributed by atoms with Gasteiger partial charge in [-0.15, -0.1) is 0 Å². The van der Waals surface area contributed by atoms with Gasteiger partial charge in [-0.25, -0.2) is 0 Å². The van der Waals surface area contributed by atoms with Gasteiger partial charge >= 0.3 is 0 Å². The Morgan fingerprint density at radius 3 is 2.75 bits per heavy atom. The van der Waals surface area contributed by atoms with Crippen molar-refractivity contribution in [2.45, 2.75) is 39.2 Å². The SMILES string of the molecule is COCCn1cc(NCC2CCC(C)CC2)ccc1=O. The molecule has 4 heteroatoms. The fourth-order valence-corrected chi connectivity index (χ4v) is 2.80. The summed E-state index contributed by atoms with van der Waals surface area (Å²) in [5.41, 5.74) is 1.05. The van der Waals surface area contributed by atoms with Gasteiger partial charge in [0.25, 0.3) is 5.56 Å². The molecule has 1 aromatic rings. The molecule has 1 N–H and O–H groups in total. The smallest absolute Gasteiger partial charge is 0.250 e. The fourth-order valence-electron chi connectivity index (χ4n) is 2.80. The normalized spacial score (nSPS) is 22.7. The van der Waals surface area contributed by atoms with E-state index in [2.05, 4.69) is 12.2 Å². The molecule has 4 nitrogen and oxygen atoms in total. The second-order valence-electron chi connectivity index (χ2n) is 5.95. The minimum absolute atomic E-state index is 0.0269. The van der Waals surface area contributed by atoms with Gasteiger partial charge in [0.2, 0.25) is 0 Å². The molecular weight excluding hydrogens is 252 g/mol. The number of methoxy groups -OCH3 is 1. The van der Waals surface area contributed by atoms with E-state index in [9.17, 15) is 4.79 Å². The third-order valence-corrected chi connectivity index (χ3v) is 4.25. The monoisotopic (exact) mass is 278 g/mol. The van der Waals surface area contributed by atoms with E-state index in [0.29, 0.717) is 13.2 Å². The van der Waals surface area contributed by atoms with Crippen LogP contribution in [0.1, 0.15) is 32.6 Å². The van der Waals surface area contributed by atoms with Crippen LogP contribution in [0.4, 0.5) is 5.69 Å². The Morgan fingerprint density at radius 2 is 2.05 bits per heavy atom. The quantitative estimate of drug-likeness (QED) is 0.870. The number of hydrogen-bond donors (Lipinski definition) is 1. The number of nitrogens with one attached hydrogen (secondary N) is 1. The molecule has 0 saturated heterocycles. The van der Waals surface area contributed by atoms with Gasteiger partial charge in [-0.3, -0.25) is 4.79 Å². The van der Waals surface area contributed by atoms with E-state index >= 15 is 0 Å². The lowest BCUT2D eigenvalue weighted by molar-refractivity contribution is 0.186. The summed E-state index contributed by atoms with van der Waals surface area (Å²) in [6, 6.07) is 3.50. The molecule has 2 rings (SSSR count). The molecule has 1 heterocycles. The standard InChI is InChI=1S/C16H26N2O2/c1-13-3-5-14(6-4-13)11-17-15-7-8-16(19)18(12-15)9-10-20-2/h7-8,12-14,17H,3-6,9-11H2,1-2H3. The van der Waals surface area contributed by atoms with Gasteiger partial charge in [0, 0.05) is 32.5 Å². The zero-order valence-corrected chi connectivity index (χ0v) is 12.6. The average Bonchev–Trinajstić information content (AvgIpc) is 2.46. The first-order valence-corrected chi connectivity index (χ1v) is 7.62. The molecule has 0 amide bonds. The largest absolute Gasteiger partial charge is 0.384 e. The van der Waals surface area contributed by atoms with Crippen LogP contribution in [-0.4, -0.2) is 24.8 Å². The van der Waals surface area contributed by atoms with E-state index in [1.54, 1.807) is 17.7 Å². The van der Waals surface area contributed by atoms with Crippen molar-refractivity contribution in [1.82, 2.24) is 4.57 Å². The molecule has 1 aliphatic carbocycles. The topological polar surface area (TPSA) is 43.3 Å². The average molecular weight is 278 g/mol. The Hall–Kier alpha value is -1.29. The van der Waals surface area contributed by atoms with Gasteiger partial charge in [-0.05, 0) is 30.7 Å². The van der Waals surface area contributed by atoms with Crippen LogP contribution < -0.4 is 10.9 Å². The van der Waals surface area contributed by atoms with Crippen molar-refractivity contribution in [1.29, 1.82) is 0 Å². The molecule has 0 unspecified atom stereocenters. The lowest BCUT2D eigenvalue weighted by Crippen LogP contribution is -2.23. The summed E-state index contributed by atoms with van der Waals surface area (Å²) in [6.07, 6.45) is 7.22. The van der Waals surface area contributed by atoms with Crippen molar-refractivity contribution < 1.29 is 4.74 Å². The number of hydrogen-bond acceptors (Lipinski definition) is 3. The molecule has 0 atom stereocenters. The minimum Gasteiger partial charge on any atom is -0.384 e. The van der Waals surface area contributed by atoms with Crippen molar-refractivity contribution in [2.24, 2.45) is 11.8 Å². The zero-order chi connectivity index (χ0) is 14.4. The Bertz CT molecular complexity index is 462. The van der Waals surface area contributed by atoms with E-state index < -0.39 is 0 Å². The van der Waals surface area contributed by atoms with Crippen LogP contribution in [-0.2, 0) is 11.3 Å². The summed E-state index contributed by atoms with van der Waals surface area (Å²) in [7, 11) is 1.65. The third-order valence-electron chi connectivity index (χ3n) is 4.25. The molecule has 0 aromatic carbocycles. The second kappa shape index (κ2) is 7.48. The predicted molar refractivity (Wildman–Crippen MR) is 82.2 cm³/mol.